The summed E-state index contributed by atoms with van der Waals surface area (Å²) in [5, 5.41) is 3.03. The molecule has 1 heterocycles. The molecule has 0 radical (unpaired) electrons. The highest BCUT2D eigenvalue weighted by atomic mass is 16.5. The van der Waals surface area contributed by atoms with Gasteiger partial charge in [0.2, 0.25) is 5.91 Å². The van der Waals surface area contributed by atoms with E-state index >= 15 is 0 Å². The van der Waals surface area contributed by atoms with Gasteiger partial charge in [-0.1, -0.05) is 57.2 Å². The van der Waals surface area contributed by atoms with Crippen molar-refractivity contribution in [1.29, 1.82) is 0 Å². The van der Waals surface area contributed by atoms with Gasteiger partial charge in [0.05, 0.1) is 17.6 Å². The molecule has 0 saturated heterocycles. The van der Waals surface area contributed by atoms with Crippen LogP contribution in [-0.4, -0.2) is 28.6 Å². The molecular weight excluding hydrogens is 398 g/mol. The van der Waals surface area contributed by atoms with Gasteiger partial charge >= 0.3 is 0 Å². The Morgan fingerprint density at radius 2 is 1.88 bits per heavy atom. The summed E-state index contributed by atoms with van der Waals surface area (Å²) in [6.07, 6.45) is 5.37. The molecule has 0 aliphatic heterocycles. The van der Waals surface area contributed by atoms with E-state index in [4.69, 9.17) is 9.72 Å². The predicted molar refractivity (Wildman–Crippen MR) is 131 cm³/mol. The Hall–Kier alpha value is -3.08. The second kappa shape index (κ2) is 11.0. The summed E-state index contributed by atoms with van der Waals surface area (Å²) in [5.41, 5.74) is 2.92. The lowest BCUT2D eigenvalue weighted by atomic mass is 9.96. The van der Waals surface area contributed by atoms with Gasteiger partial charge in [-0.15, -0.1) is 6.58 Å². The van der Waals surface area contributed by atoms with Crippen molar-refractivity contribution in [2.45, 2.75) is 53.0 Å². The number of ether oxygens (including phenoxy) is 1. The molecule has 0 atom stereocenters. The average Bonchev–Trinajstić information content (AvgIpc) is 3.11. The van der Waals surface area contributed by atoms with E-state index in [1.165, 1.54) is 5.56 Å². The van der Waals surface area contributed by atoms with Crippen LogP contribution in [0.5, 0.6) is 5.75 Å². The summed E-state index contributed by atoms with van der Waals surface area (Å²) in [6.45, 7) is 11.7. The minimum Gasteiger partial charge on any atom is -0.493 e. The quantitative estimate of drug-likeness (QED) is 0.328. The van der Waals surface area contributed by atoms with E-state index < -0.39 is 0 Å². The molecule has 0 aliphatic rings. The Bertz CT molecular complexity index is 1050. The second-order valence-electron chi connectivity index (χ2n) is 9.08. The number of nitrogens with one attached hydrogen (secondary N) is 1. The van der Waals surface area contributed by atoms with Crippen molar-refractivity contribution < 1.29 is 9.53 Å². The molecule has 0 saturated carbocycles. The second-order valence-corrected chi connectivity index (χ2v) is 9.08. The Morgan fingerprint density at radius 3 is 2.66 bits per heavy atom. The first-order valence-electron chi connectivity index (χ1n) is 11.4. The van der Waals surface area contributed by atoms with Crippen LogP contribution >= 0.6 is 0 Å². The van der Waals surface area contributed by atoms with Crippen LogP contribution in [0.4, 0.5) is 0 Å². The van der Waals surface area contributed by atoms with E-state index in [1.54, 1.807) is 0 Å². The highest BCUT2D eigenvalue weighted by Crippen LogP contribution is 2.20. The molecule has 0 fully saturated rings. The molecule has 5 heteroatoms. The van der Waals surface area contributed by atoms with Gasteiger partial charge in [-0.05, 0) is 43.0 Å². The molecule has 1 N–H and O–H groups in total. The van der Waals surface area contributed by atoms with Crippen LogP contribution in [-0.2, 0) is 24.2 Å². The zero-order valence-electron chi connectivity index (χ0n) is 19.6. The maximum Gasteiger partial charge on any atom is 0.225 e. The third-order valence-corrected chi connectivity index (χ3v) is 5.42. The van der Waals surface area contributed by atoms with Crippen molar-refractivity contribution in [3.63, 3.8) is 0 Å². The van der Waals surface area contributed by atoms with Gasteiger partial charge < -0.3 is 14.6 Å². The minimum atomic E-state index is -0.384. The van der Waals surface area contributed by atoms with Crippen LogP contribution in [0, 0.1) is 5.41 Å². The number of hydrogen-bond acceptors (Lipinski definition) is 3. The number of unbranched alkanes of at least 4 members (excludes halogenated alkanes) is 1. The van der Waals surface area contributed by atoms with E-state index in [9.17, 15) is 4.79 Å². The first-order chi connectivity index (χ1) is 15.4. The summed E-state index contributed by atoms with van der Waals surface area (Å²) < 4.78 is 8.31. The number of aromatic nitrogens is 2. The van der Waals surface area contributed by atoms with Gasteiger partial charge in [-0.25, -0.2) is 4.98 Å². The average molecular weight is 434 g/mol. The molecule has 3 aromatic rings. The fourth-order valence-corrected chi connectivity index (χ4v) is 3.64. The number of aryl methyl sites for hydroxylation is 1. The maximum absolute atomic E-state index is 12.2. The Balaban J connectivity index is 1.57. The Morgan fingerprint density at radius 1 is 1.12 bits per heavy atom. The van der Waals surface area contributed by atoms with E-state index in [-0.39, 0.29) is 11.3 Å². The normalized spacial score (nSPS) is 11.5. The summed E-state index contributed by atoms with van der Waals surface area (Å²) in [5.74, 6) is 2.02. The molecule has 1 aromatic heterocycles. The van der Waals surface area contributed by atoms with Crippen molar-refractivity contribution in [3.05, 3.63) is 72.6 Å². The van der Waals surface area contributed by atoms with E-state index in [0.717, 1.165) is 48.4 Å². The monoisotopic (exact) mass is 433 g/mol. The Labute approximate surface area is 191 Å². The van der Waals surface area contributed by atoms with Gasteiger partial charge in [0, 0.05) is 24.9 Å². The van der Waals surface area contributed by atoms with Gasteiger partial charge in [0.25, 0.3) is 0 Å². The molecule has 170 valence electrons. The molecule has 5 nitrogen and oxygen atoms in total. The molecule has 2 aromatic carbocycles. The SMILES string of the molecule is C=CCc1ccccc1OCCCCn1c(CCNC(=O)C(C)(C)C)nc2ccccc21. The van der Waals surface area contributed by atoms with Crippen molar-refractivity contribution in [2.24, 2.45) is 5.41 Å². The van der Waals surface area contributed by atoms with Crippen molar-refractivity contribution in [1.82, 2.24) is 14.9 Å². The first kappa shape index (κ1) is 23.6. The first-order valence-corrected chi connectivity index (χ1v) is 11.4. The standard InChI is InChI=1S/C27H35N3O2/c1-5-12-21-13-6-9-16-24(21)32-20-11-10-19-30-23-15-8-7-14-22(23)29-25(30)17-18-28-26(31)27(2,3)4/h5-9,13-16H,1,10-12,17-20H2,2-4H3,(H,28,31). The number of benzene rings is 2. The number of amides is 1. The summed E-state index contributed by atoms with van der Waals surface area (Å²) in [4.78, 5) is 17.0. The summed E-state index contributed by atoms with van der Waals surface area (Å²) in [7, 11) is 0. The molecular formula is C27H35N3O2. The lowest BCUT2D eigenvalue weighted by Crippen LogP contribution is -2.36. The number of fused-ring (bicyclic) bond motifs is 1. The number of imidazole rings is 1. The number of rotatable bonds is 11. The van der Waals surface area contributed by atoms with E-state index in [2.05, 4.69) is 28.6 Å². The van der Waals surface area contributed by atoms with Crippen LogP contribution in [0.2, 0.25) is 0 Å². The minimum absolute atomic E-state index is 0.0639. The predicted octanol–water partition coefficient (Wildman–Crippen LogP) is 5.33. The summed E-state index contributed by atoms with van der Waals surface area (Å²) in [6, 6.07) is 16.4. The van der Waals surface area contributed by atoms with Crippen molar-refractivity contribution in [2.75, 3.05) is 13.2 Å². The zero-order chi connectivity index (χ0) is 23.0. The third kappa shape index (κ3) is 6.22. The third-order valence-electron chi connectivity index (χ3n) is 5.42. The van der Waals surface area contributed by atoms with Crippen LogP contribution in [0.3, 0.4) is 0 Å². The molecule has 1 amide bonds. The largest absolute Gasteiger partial charge is 0.493 e. The lowest BCUT2D eigenvalue weighted by molar-refractivity contribution is -0.128. The van der Waals surface area contributed by atoms with Crippen LogP contribution in [0.1, 0.15) is 45.0 Å². The van der Waals surface area contributed by atoms with E-state index in [1.807, 2.05) is 63.2 Å². The molecule has 3 rings (SSSR count). The number of carbonyl (C=O) groups is 1. The van der Waals surface area contributed by atoms with Gasteiger partial charge in [-0.2, -0.15) is 0 Å². The highest BCUT2D eigenvalue weighted by Gasteiger charge is 2.20. The lowest BCUT2D eigenvalue weighted by Gasteiger charge is -2.17. The van der Waals surface area contributed by atoms with Crippen LogP contribution in [0.25, 0.3) is 11.0 Å². The van der Waals surface area contributed by atoms with Crippen molar-refractivity contribution in [3.8, 4) is 5.75 Å². The molecule has 0 bridgehead atoms. The van der Waals surface area contributed by atoms with Gasteiger partial charge in [0.15, 0.2) is 0 Å². The van der Waals surface area contributed by atoms with Crippen LogP contribution in [0.15, 0.2) is 61.2 Å². The summed E-state index contributed by atoms with van der Waals surface area (Å²) >= 11 is 0. The number of hydrogen-bond donors (Lipinski definition) is 1. The van der Waals surface area contributed by atoms with E-state index in [0.29, 0.717) is 19.6 Å². The number of nitrogens with zero attached hydrogens (tertiary/aromatic N) is 2. The molecule has 0 aliphatic carbocycles. The topological polar surface area (TPSA) is 56.1 Å². The Kier molecular flexibility index (Phi) is 8.09. The number of carbonyl (C=O) groups excluding carboxylic acids is 1. The molecule has 0 unspecified atom stereocenters. The number of para-hydroxylation sites is 3. The van der Waals surface area contributed by atoms with Gasteiger partial charge in [0.1, 0.15) is 11.6 Å². The van der Waals surface area contributed by atoms with Gasteiger partial charge in [-0.3, -0.25) is 4.79 Å². The highest BCUT2D eigenvalue weighted by molar-refractivity contribution is 5.81. The molecule has 32 heavy (non-hydrogen) atoms. The number of allylic oxidation sites excluding steroid dienone is 1. The van der Waals surface area contributed by atoms with Crippen LogP contribution < -0.4 is 10.1 Å². The smallest absolute Gasteiger partial charge is 0.225 e. The fourth-order valence-electron chi connectivity index (χ4n) is 3.64. The van der Waals surface area contributed by atoms with Crippen molar-refractivity contribution >= 4 is 16.9 Å². The fraction of sp³-hybridized carbons (Fsp3) is 0.407. The zero-order valence-corrected chi connectivity index (χ0v) is 19.6. The maximum atomic E-state index is 12.2. The molecule has 0 spiro atoms.